The molecule has 0 saturated heterocycles. The molecule has 0 saturated carbocycles. The summed E-state index contributed by atoms with van der Waals surface area (Å²) in [6, 6.07) is 4.91. The minimum absolute atomic E-state index is 0. The van der Waals surface area contributed by atoms with Gasteiger partial charge in [0.15, 0.2) is 0 Å². The van der Waals surface area contributed by atoms with Gasteiger partial charge in [-0.3, -0.25) is 0 Å². The van der Waals surface area contributed by atoms with Gasteiger partial charge >= 0.3 is 35.5 Å². The first kappa shape index (κ1) is 14.0. The van der Waals surface area contributed by atoms with Gasteiger partial charge in [-0.1, -0.05) is 29.3 Å². The van der Waals surface area contributed by atoms with Crippen molar-refractivity contribution >= 4 is 64.8 Å². The molecule has 0 aliphatic rings. The molecule has 0 unspecified atom stereocenters. The van der Waals surface area contributed by atoms with Crippen LogP contribution in [0.25, 0.3) is 6.08 Å². The van der Waals surface area contributed by atoms with Gasteiger partial charge in [0.05, 0.1) is 10.0 Å². The number of aliphatic carboxylic acids is 1. The molecule has 0 atom stereocenters. The number of halogens is 2. The molecule has 1 N–H and O–H groups in total. The van der Waals surface area contributed by atoms with Crippen LogP contribution in [0.2, 0.25) is 10.0 Å². The van der Waals surface area contributed by atoms with E-state index in [1.54, 1.807) is 18.2 Å². The van der Waals surface area contributed by atoms with Crippen LogP contribution in [0.3, 0.4) is 0 Å². The Bertz CT molecular complexity index is 364. The van der Waals surface area contributed by atoms with Crippen molar-refractivity contribution in [2.24, 2.45) is 0 Å². The number of hydrogen-bond donors (Lipinski definition) is 1. The van der Waals surface area contributed by atoms with Crippen LogP contribution in [-0.2, 0) is 4.79 Å². The Balaban J connectivity index is 0.00000169. The molecule has 2 nitrogen and oxygen atoms in total. The molecule has 0 fully saturated rings. The van der Waals surface area contributed by atoms with Gasteiger partial charge < -0.3 is 5.11 Å². The first-order chi connectivity index (χ1) is 6.09. The average Bonchev–Trinajstić information content (AvgIpc) is 2.07. The Morgan fingerprint density at radius 1 is 1.29 bits per heavy atom. The van der Waals surface area contributed by atoms with Gasteiger partial charge in [-0.05, 0) is 23.8 Å². The summed E-state index contributed by atoms with van der Waals surface area (Å²) in [6.45, 7) is 0. The summed E-state index contributed by atoms with van der Waals surface area (Å²) in [4.78, 5) is 10.2. The standard InChI is InChI=1S/C9H6Cl2O2.Na.H/c10-7-3-1-6(5-8(7)11)2-4-9(12)13;;/h1-5H,(H,12,13);;/b4-2+;;. The van der Waals surface area contributed by atoms with Crippen molar-refractivity contribution < 1.29 is 9.90 Å². The fraction of sp³-hybridized carbons (Fsp3) is 0. The van der Waals surface area contributed by atoms with Crippen LogP contribution >= 0.6 is 23.2 Å². The quantitative estimate of drug-likeness (QED) is 0.637. The van der Waals surface area contributed by atoms with E-state index in [4.69, 9.17) is 28.3 Å². The van der Waals surface area contributed by atoms with E-state index < -0.39 is 5.97 Å². The van der Waals surface area contributed by atoms with Gasteiger partial charge in [-0.25, -0.2) is 4.79 Å². The summed E-state index contributed by atoms with van der Waals surface area (Å²) in [5.41, 5.74) is 0.705. The second-order valence-corrected chi connectivity index (χ2v) is 3.16. The molecule has 0 heterocycles. The molecule has 0 aliphatic heterocycles. The molecular weight excluding hydrogens is 234 g/mol. The molecule has 0 radical (unpaired) electrons. The normalized spacial score (nSPS) is 9.86. The molecule has 5 heteroatoms. The molecule has 70 valence electrons. The number of benzene rings is 1. The monoisotopic (exact) mass is 240 g/mol. The van der Waals surface area contributed by atoms with Crippen LogP contribution in [0.4, 0.5) is 0 Å². The summed E-state index contributed by atoms with van der Waals surface area (Å²) in [6.07, 6.45) is 2.49. The fourth-order valence-electron chi connectivity index (χ4n) is 0.784. The van der Waals surface area contributed by atoms with Crippen molar-refractivity contribution in [3.8, 4) is 0 Å². The van der Waals surface area contributed by atoms with Crippen LogP contribution in [0.5, 0.6) is 0 Å². The zero-order chi connectivity index (χ0) is 9.84. The SMILES string of the molecule is O=C(O)/C=C/c1ccc(Cl)c(Cl)c1.[NaH]. The van der Waals surface area contributed by atoms with E-state index in [1.165, 1.54) is 6.08 Å². The topological polar surface area (TPSA) is 37.3 Å². The third-order valence-electron chi connectivity index (χ3n) is 1.36. The molecule has 0 amide bonds. The van der Waals surface area contributed by atoms with E-state index in [0.717, 1.165) is 6.08 Å². The van der Waals surface area contributed by atoms with Crippen molar-refractivity contribution in [1.82, 2.24) is 0 Å². The van der Waals surface area contributed by atoms with Crippen molar-refractivity contribution in [3.05, 3.63) is 39.9 Å². The summed E-state index contributed by atoms with van der Waals surface area (Å²) < 4.78 is 0. The van der Waals surface area contributed by atoms with Crippen LogP contribution in [0, 0.1) is 0 Å². The number of carboxylic acid groups (broad SMARTS) is 1. The number of carboxylic acids is 1. The molecule has 1 rings (SSSR count). The Kier molecular flexibility index (Phi) is 6.49. The van der Waals surface area contributed by atoms with Gasteiger partial charge in [-0.2, -0.15) is 0 Å². The molecule has 1 aromatic rings. The summed E-state index contributed by atoms with van der Waals surface area (Å²) in [5.74, 6) is -0.994. The van der Waals surface area contributed by atoms with Crippen molar-refractivity contribution in [2.45, 2.75) is 0 Å². The second kappa shape index (κ2) is 6.49. The van der Waals surface area contributed by atoms with E-state index in [9.17, 15) is 4.79 Å². The van der Waals surface area contributed by atoms with E-state index in [-0.39, 0.29) is 29.6 Å². The molecule has 0 spiro atoms. The van der Waals surface area contributed by atoms with E-state index in [1.807, 2.05) is 0 Å². The van der Waals surface area contributed by atoms with Crippen molar-refractivity contribution in [3.63, 3.8) is 0 Å². The van der Waals surface area contributed by atoms with E-state index in [2.05, 4.69) is 0 Å². The van der Waals surface area contributed by atoms with E-state index >= 15 is 0 Å². The van der Waals surface area contributed by atoms with Crippen molar-refractivity contribution in [2.75, 3.05) is 0 Å². The van der Waals surface area contributed by atoms with E-state index in [0.29, 0.717) is 15.6 Å². The Hall–Kier alpha value is 0.0100. The second-order valence-electron chi connectivity index (χ2n) is 2.35. The molecular formula is C9H7Cl2NaO2. The van der Waals surface area contributed by atoms with Gasteiger partial charge in [0, 0.05) is 6.08 Å². The first-order valence-electron chi connectivity index (χ1n) is 3.45. The zero-order valence-electron chi connectivity index (χ0n) is 6.50. The maximum atomic E-state index is 10.2. The summed E-state index contributed by atoms with van der Waals surface area (Å²) in [7, 11) is 0. The summed E-state index contributed by atoms with van der Waals surface area (Å²) >= 11 is 11.4. The average molecular weight is 241 g/mol. The Morgan fingerprint density at radius 3 is 2.43 bits per heavy atom. The summed E-state index contributed by atoms with van der Waals surface area (Å²) in [5, 5.41) is 9.22. The zero-order valence-corrected chi connectivity index (χ0v) is 8.01. The Labute approximate surface area is 114 Å². The van der Waals surface area contributed by atoms with Crippen LogP contribution in [-0.4, -0.2) is 40.6 Å². The first-order valence-corrected chi connectivity index (χ1v) is 4.21. The van der Waals surface area contributed by atoms with Crippen LogP contribution in [0.1, 0.15) is 5.56 Å². The van der Waals surface area contributed by atoms with Gasteiger partial charge in [0.25, 0.3) is 0 Å². The molecule has 0 bridgehead atoms. The molecule has 14 heavy (non-hydrogen) atoms. The molecule has 0 aromatic heterocycles. The number of rotatable bonds is 2. The predicted molar refractivity (Wildman–Crippen MR) is 60.3 cm³/mol. The maximum absolute atomic E-state index is 10.2. The molecule has 0 aliphatic carbocycles. The number of carbonyl (C=O) groups is 1. The third kappa shape index (κ3) is 4.49. The van der Waals surface area contributed by atoms with Crippen molar-refractivity contribution in [1.29, 1.82) is 0 Å². The Morgan fingerprint density at radius 2 is 1.93 bits per heavy atom. The number of hydrogen-bond acceptors (Lipinski definition) is 1. The predicted octanol–water partition coefficient (Wildman–Crippen LogP) is 2.44. The fourth-order valence-corrected chi connectivity index (χ4v) is 1.09. The van der Waals surface area contributed by atoms with Gasteiger partial charge in [0.2, 0.25) is 0 Å². The van der Waals surface area contributed by atoms with Gasteiger partial charge in [0.1, 0.15) is 0 Å². The van der Waals surface area contributed by atoms with Gasteiger partial charge in [-0.15, -0.1) is 0 Å². The van der Waals surface area contributed by atoms with Crippen LogP contribution in [0.15, 0.2) is 24.3 Å². The molecule has 1 aromatic carbocycles. The minimum atomic E-state index is -0.994. The van der Waals surface area contributed by atoms with Crippen LogP contribution < -0.4 is 0 Å². The third-order valence-corrected chi connectivity index (χ3v) is 2.10.